The number of rotatable bonds is 8. The highest BCUT2D eigenvalue weighted by Gasteiger charge is 2.21. The fraction of sp³-hybridized carbons (Fsp3) is 0.812. The number of nitrogens with zero attached hydrogens (tertiary/aromatic N) is 2. The van der Waals surface area contributed by atoms with Crippen molar-refractivity contribution >= 4 is 0 Å². The smallest absolute Gasteiger partial charge is 0.0723 e. The molecule has 1 N–H and O–H groups in total. The number of aliphatic hydroxyl groups excluding tert-OH is 1. The second-order valence-electron chi connectivity index (χ2n) is 5.87. The maximum atomic E-state index is 10.1. The number of hydrogen-bond acceptors (Lipinski definition) is 4. The first-order valence-corrected chi connectivity index (χ1v) is 7.63. The summed E-state index contributed by atoms with van der Waals surface area (Å²) >= 11 is 0. The van der Waals surface area contributed by atoms with Gasteiger partial charge in [-0.1, -0.05) is 25.3 Å². The van der Waals surface area contributed by atoms with E-state index in [0.717, 1.165) is 19.3 Å². The van der Waals surface area contributed by atoms with Gasteiger partial charge in [0.25, 0.3) is 0 Å². The molecule has 114 valence electrons. The van der Waals surface area contributed by atoms with Crippen LogP contribution in [0.4, 0.5) is 0 Å². The molecule has 1 aliphatic carbocycles. The zero-order valence-electron chi connectivity index (χ0n) is 12.8. The molecule has 0 spiro atoms. The standard InChI is InChI=1S/C16H28N2O2/c1-18(2)12-6-7-14(16(19)10-11-17)13-20-15-8-4-3-5-9-15/h6,12,14-16,19H,3-5,7-10,13H2,1-2H3/b12-6+. The molecule has 1 aliphatic rings. The van der Waals surface area contributed by atoms with Crippen molar-refractivity contribution in [2.24, 2.45) is 5.92 Å². The topological polar surface area (TPSA) is 56.5 Å². The normalized spacial score (nSPS) is 19.7. The Morgan fingerprint density at radius 1 is 1.35 bits per heavy atom. The largest absolute Gasteiger partial charge is 0.392 e. The molecule has 0 saturated heterocycles. The van der Waals surface area contributed by atoms with Gasteiger partial charge in [-0.15, -0.1) is 0 Å². The van der Waals surface area contributed by atoms with Gasteiger partial charge in [-0.2, -0.15) is 5.26 Å². The van der Waals surface area contributed by atoms with Gasteiger partial charge in [0.2, 0.25) is 0 Å². The van der Waals surface area contributed by atoms with E-state index in [2.05, 4.69) is 0 Å². The van der Waals surface area contributed by atoms with Crippen LogP contribution in [0.3, 0.4) is 0 Å². The molecule has 20 heavy (non-hydrogen) atoms. The summed E-state index contributed by atoms with van der Waals surface area (Å²) in [6.45, 7) is 0.547. The number of nitriles is 1. The van der Waals surface area contributed by atoms with E-state index in [1.54, 1.807) is 0 Å². The molecule has 1 fully saturated rings. The maximum Gasteiger partial charge on any atom is 0.0723 e. The third-order valence-corrected chi connectivity index (χ3v) is 3.79. The highest BCUT2D eigenvalue weighted by atomic mass is 16.5. The van der Waals surface area contributed by atoms with Crippen molar-refractivity contribution in [3.8, 4) is 6.07 Å². The summed E-state index contributed by atoms with van der Waals surface area (Å²) < 4.78 is 5.95. The van der Waals surface area contributed by atoms with Gasteiger partial charge in [-0.05, 0) is 25.5 Å². The van der Waals surface area contributed by atoms with Crippen molar-refractivity contribution in [3.05, 3.63) is 12.3 Å². The predicted octanol–water partition coefficient (Wildman–Crippen LogP) is 2.69. The van der Waals surface area contributed by atoms with Crippen molar-refractivity contribution in [2.45, 2.75) is 57.2 Å². The lowest BCUT2D eigenvalue weighted by Crippen LogP contribution is -2.28. The molecule has 2 atom stereocenters. The Bertz CT molecular complexity index is 317. The zero-order valence-corrected chi connectivity index (χ0v) is 12.8. The second-order valence-corrected chi connectivity index (χ2v) is 5.87. The maximum absolute atomic E-state index is 10.1. The van der Waals surface area contributed by atoms with Crippen LogP contribution in [0.5, 0.6) is 0 Å². The Morgan fingerprint density at radius 2 is 2.05 bits per heavy atom. The SMILES string of the molecule is CN(C)/C=C/CC(COC1CCCCC1)C(O)CC#N. The van der Waals surface area contributed by atoms with Crippen LogP contribution in [-0.4, -0.2) is 42.9 Å². The van der Waals surface area contributed by atoms with Gasteiger partial charge in [0.15, 0.2) is 0 Å². The Kier molecular flexibility index (Phi) is 8.32. The van der Waals surface area contributed by atoms with Crippen LogP contribution >= 0.6 is 0 Å². The van der Waals surface area contributed by atoms with E-state index in [1.165, 1.54) is 19.3 Å². The van der Waals surface area contributed by atoms with E-state index >= 15 is 0 Å². The van der Waals surface area contributed by atoms with Gasteiger partial charge in [0.05, 0.1) is 31.3 Å². The Balaban J connectivity index is 2.42. The van der Waals surface area contributed by atoms with Crippen LogP contribution in [0.25, 0.3) is 0 Å². The summed E-state index contributed by atoms with van der Waals surface area (Å²) in [5, 5.41) is 18.8. The quantitative estimate of drug-likeness (QED) is 0.742. The summed E-state index contributed by atoms with van der Waals surface area (Å²) in [6, 6.07) is 2.05. The Labute approximate surface area is 123 Å². The first-order chi connectivity index (χ1) is 9.63. The summed E-state index contributed by atoms with van der Waals surface area (Å²) in [5.74, 6) is 0.00720. The number of allylic oxidation sites excluding steroid dienone is 1. The van der Waals surface area contributed by atoms with Crippen molar-refractivity contribution in [2.75, 3.05) is 20.7 Å². The average Bonchev–Trinajstić information content (AvgIpc) is 2.43. The van der Waals surface area contributed by atoms with Gasteiger partial charge in [0.1, 0.15) is 0 Å². The highest BCUT2D eigenvalue weighted by molar-refractivity contribution is 4.88. The average molecular weight is 280 g/mol. The van der Waals surface area contributed by atoms with E-state index in [9.17, 15) is 5.11 Å². The lowest BCUT2D eigenvalue weighted by atomic mass is 9.95. The number of ether oxygens (including phenoxy) is 1. The zero-order chi connectivity index (χ0) is 14.8. The summed E-state index contributed by atoms with van der Waals surface area (Å²) in [7, 11) is 3.94. The molecule has 4 heteroatoms. The van der Waals surface area contributed by atoms with Gasteiger partial charge >= 0.3 is 0 Å². The molecular formula is C16H28N2O2. The molecule has 2 unspecified atom stereocenters. The van der Waals surface area contributed by atoms with Crippen molar-refractivity contribution in [3.63, 3.8) is 0 Å². The minimum absolute atomic E-state index is 0.00720. The van der Waals surface area contributed by atoms with E-state index in [4.69, 9.17) is 10.00 Å². The molecule has 1 saturated carbocycles. The van der Waals surface area contributed by atoms with E-state index in [1.807, 2.05) is 37.3 Å². The number of hydrogen-bond donors (Lipinski definition) is 1. The third kappa shape index (κ3) is 6.93. The Morgan fingerprint density at radius 3 is 2.65 bits per heavy atom. The van der Waals surface area contributed by atoms with Crippen molar-refractivity contribution in [1.82, 2.24) is 4.90 Å². The molecule has 0 heterocycles. The minimum Gasteiger partial charge on any atom is -0.392 e. The molecule has 0 aromatic rings. The monoisotopic (exact) mass is 280 g/mol. The van der Waals surface area contributed by atoms with Crippen LogP contribution in [0, 0.1) is 17.2 Å². The lowest BCUT2D eigenvalue weighted by Gasteiger charge is -2.26. The van der Waals surface area contributed by atoms with Crippen LogP contribution in [0.15, 0.2) is 12.3 Å². The van der Waals surface area contributed by atoms with E-state index < -0.39 is 6.10 Å². The van der Waals surface area contributed by atoms with Crippen LogP contribution in [0.2, 0.25) is 0 Å². The van der Waals surface area contributed by atoms with Gasteiger partial charge in [0, 0.05) is 20.0 Å². The molecule has 0 aliphatic heterocycles. The van der Waals surface area contributed by atoms with E-state index in [-0.39, 0.29) is 12.3 Å². The molecule has 4 nitrogen and oxygen atoms in total. The molecule has 0 amide bonds. The fourth-order valence-corrected chi connectivity index (χ4v) is 2.53. The summed E-state index contributed by atoms with van der Waals surface area (Å²) in [5.41, 5.74) is 0. The first kappa shape index (κ1) is 17.0. The molecule has 0 aromatic heterocycles. The van der Waals surface area contributed by atoms with Crippen molar-refractivity contribution in [1.29, 1.82) is 5.26 Å². The predicted molar refractivity (Wildman–Crippen MR) is 80.0 cm³/mol. The van der Waals surface area contributed by atoms with Crippen molar-refractivity contribution < 1.29 is 9.84 Å². The summed E-state index contributed by atoms with van der Waals surface area (Å²) in [6.07, 6.45) is 10.8. The van der Waals surface area contributed by atoms with Gasteiger partial charge in [-0.3, -0.25) is 0 Å². The minimum atomic E-state index is -0.601. The fourth-order valence-electron chi connectivity index (χ4n) is 2.53. The Hall–Kier alpha value is -1.05. The van der Waals surface area contributed by atoms with Crippen LogP contribution < -0.4 is 0 Å². The third-order valence-electron chi connectivity index (χ3n) is 3.79. The second kappa shape index (κ2) is 9.79. The van der Waals surface area contributed by atoms with Gasteiger partial charge in [-0.25, -0.2) is 0 Å². The molecule has 0 radical (unpaired) electrons. The first-order valence-electron chi connectivity index (χ1n) is 7.63. The molecule has 0 bridgehead atoms. The summed E-state index contributed by atoms with van der Waals surface area (Å²) in [4.78, 5) is 1.97. The molecular weight excluding hydrogens is 252 g/mol. The lowest BCUT2D eigenvalue weighted by molar-refractivity contribution is -0.0223. The number of aliphatic hydroxyl groups is 1. The van der Waals surface area contributed by atoms with Crippen LogP contribution in [-0.2, 0) is 4.74 Å². The van der Waals surface area contributed by atoms with Gasteiger partial charge < -0.3 is 14.7 Å². The van der Waals surface area contributed by atoms with E-state index in [0.29, 0.717) is 12.7 Å². The molecule has 1 rings (SSSR count). The van der Waals surface area contributed by atoms with Crippen LogP contribution in [0.1, 0.15) is 44.9 Å². The highest BCUT2D eigenvalue weighted by Crippen LogP contribution is 2.22. The molecule has 0 aromatic carbocycles.